The van der Waals surface area contributed by atoms with Gasteiger partial charge in [-0.15, -0.1) is 0 Å². The summed E-state index contributed by atoms with van der Waals surface area (Å²) in [4.78, 5) is 23.0. The van der Waals surface area contributed by atoms with Crippen LogP contribution in [0.4, 0.5) is 5.69 Å². The molecule has 0 aliphatic heterocycles. The molecule has 1 aromatic carbocycles. The van der Waals surface area contributed by atoms with Crippen LogP contribution in [0.3, 0.4) is 0 Å². The Morgan fingerprint density at radius 1 is 1.25 bits per heavy atom. The average molecular weight is 350 g/mol. The van der Waals surface area contributed by atoms with Gasteiger partial charge in [-0.3, -0.25) is 9.59 Å². The number of carbonyl (C=O) groups excluding carboxylic acids is 2. The van der Waals surface area contributed by atoms with E-state index < -0.39 is 0 Å². The largest absolute Gasteiger partial charge is 0.490 e. The lowest BCUT2D eigenvalue weighted by atomic mass is 10.3. The zero-order valence-corrected chi connectivity index (χ0v) is 14.5. The quantitative estimate of drug-likeness (QED) is 0.405. The van der Waals surface area contributed by atoms with Gasteiger partial charge in [0.15, 0.2) is 5.11 Å². The summed E-state index contributed by atoms with van der Waals surface area (Å²) in [6.07, 6.45) is 2.47. The van der Waals surface area contributed by atoms with Crippen molar-refractivity contribution in [2.45, 2.75) is 26.2 Å². The number of hydrogen-bond donors (Lipinski definition) is 2. The second kappa shape index (κ2) is 11.2. The van der Waals surface area contributed by atoms with E-state index in [1.807, 2.05) is 6.92 Å². The number of ether oxygens (including phenoxy) is 2. The fraction of sp³-hybridized carbons (Fsp3) is 0.353. The highest BCUT2D eigenvalue weighted by Crippen LogP contribution is 2.15. The standard InChI is InChI=1S/C17H22N2O4S/c1-3-11-22-14-7-5-13(6-8-14)18-17(24)19-15(20)9-10-16(21)23-12-4-2/h3,5-8H,1,4,9-12H2,2H3,(H2,18,19,20,24). The first kappa shape index (κ1) is 19.6. The summed E-state index contributed by atoms with van der Waals surface area (Å²) in [5, 5.41) is 5.57. The van der Waals surface area contributed by atoms with E-state index in [-0.39, 0.29) is 29.8 Å². The lowest BCUT2D eigenvalue weighted by molar-refractivity contribution is -0.144. The number of nitrogens with one attached hydrogen (secondary N) is 2. The molecule has 0 saturated carbocycles. The molecule has 130 valence electrons. The Hall–Kier alpha value is -2.41. The van der Waals surface area contributed by atoms with Crippen molar-refractivity contribution in [1.29, 1.82) is 0 Å². The normalized spacial score (nSPS) is 9.71. The molecule has 0 saturated heterocycles. The van der Waals surface area contributed by atoms with Gasteiger partial charge in [0.25, 0.3) is 0 Å². The second-order valence-electron chi connectivity index (χ2n) is 4.85. The summed E-state index contributed by atoms with van der Waals surface area (Å²) < 4.78 is 10.3. The molecule has 0 aliphatic carbocycles. The summed E-state index contributed by atoms with van der Waals surface area (Å²) in [6, 6.07) is 7.11. The monoisotopic (exact) mass is 350 g/mol. The Morgan fingerprint density at radius 2 is 1.96 bits per heavy atom. The predicted octanol–water partition coefficient (Wildman–Crippen LogP) is 2.80. The Morgan fingerprint density at radius 3 is 2.58 bits per heavy atom. The van der Waals surface area contributed by atoms with Gasteiger partial charge in [0.1, 0.15) is 12.4 Å². The van der Waals surface area contributed by atoms with Gasteiger partial charge in [-0.25, -0.2) is 0 Å². The van der Waals surface area contributed by atoms with Gasteiger partial charge in [0, 0.05) is 12.1 Å². The number of thiocarbonyl (C=S) groups is 1. The molecule has 24 heavy (non-hydrogen) atoms. The first-order valence-corrected chi connectivity index (χ1v) is 8.06. The van der Waals surface area contributed by atoms with Crippen LogP contribution < -0.4 is 15.4 Å². The SMILES string of the molecule is C=CCOc1ccc(NC(=S)NC(=O)CCC(=O)OCCC)cc1. The van der Waals surface area contributed by atoms with Gasteiger partial charge in [-0.1, -0.05) is 19.6 Å². The van der Waals surface area contributed by atoms with Crippen LogP contribution in [-0.4, -0.2) is 30.2 Å². The Kier molecular flexibility index (Phi) is 9.14. The van der Waals surface area contributed by atoms with Crippen LogP contribution in [0, 0.1) is 0 Å². The van der Waals surface area contributed by atoms with E-state index in [0.29, 0.717) is 24.7 Å². The van der Waals surface area contributed by atoms with Crippen LogP contribution in [-0.2, 0) is 14.3 Å². The molecule has 0 aliphatic rings. The third kappa shape index (κ3) is 8.28. The molecule has 1 aromatic rings. The van der Waals surface area contributed by atoms with Gasteiger partial charge in [-0.2, -0.15) is 0 Å². The summed E-state index contributed by atoms with van der Waals surface area (Å²) in [6.45, 7) is 6.28. The first-order chi connectivity index (χ1) is 11.5. The minimum absolute atomic E-state index is 0.0265. The molecule has 6 nitrogen and oxygen atoms in total. The molecular weight excluding hydrogens is 328 g/mol. The van der Waals surface area contributed by atoms with Crippen molar-refractivity contribution in [2.24, 2.45) is 0 Å². The Bertz CT molecular complexity index is 572. The fourth-order valence-electron chi connectivity index (χ4n) is 1.64. The molecule has 0 heterocycles. The molecule has 0 bridgehead atoms. The number of rotatable bonds is 9. The van der Waals surface area contributed by atoms with Crippen molar-refractivity contribution in [2.75, 3.05) is 18.5 Å². The van der Waals surface area contributed by atoms with Crippen molar-refractivity contribution < 1.29 is 19.1 Å². The molecule has 1 rings (SSSR count). The van der Waals surface area contributed by atoms with Crippen LogP contribution in [0.25, 0.3) is 0 Å². The number of hydrogen-bond acceptors (Lipinski definition) is 5. The van der Waals surface area contributed by atoms with Crippen LogP contribution in [0.5, 0.6) is 5.75 Å². The fourth-order valence-corrected chi connectivity index (χ4v) is 1.88. The molecule has 2 N–H and O–H groups in total. The van der Waals surface area contributed by atoms with Crippen LogP contribution in [0.2, 0.25) is 0 Å². The van der Waals surface area contributed by atoms with Crippen molar-refractivity contribution in [3.05, 3.63) is 36.9 Å². The maximum atomic E-state index is 11.7. The van der Waals surface area contributed by atoms with Crippen LogP contribution in [0.1, 0.15) is 26.2 Å². The molecule has 0 fully saturated rings. The average Bonchev–Trinajstić information content (AvgIpc) is 2.57. The summed E-state index contributed by atoms with van der Waals surface area (Å²) in [5.41, 5.74) is 0.716. The van der Waals surface area contributed by atoms with Gasteiger partial charge in [-0.05, 0) is 42.9 Å². The van der Waals surface area contributed by atoms with Crippen molar-refractivity contribution in [3.63, 3.8) is 0 Å². The Labute approximate surface area is 147 Å². The summed E-state index contributed by atoms with van der Waals surface area (Å²) in [7, 11) is 0. The minimum atomic E-state index is -0.388. The molecule has 0 atom stereocenters. The number of benzene rings is 1. The van der Waals surface area contributed by atoms with E-state index in [0.717, 1.165) is 6.42 Å². The molecule has 0 unspecified atom stereocenters. The van der Waals surface area contributed by atoms with E-state index in [1.54, 1.807) is 30.3 Å². The van der Waals surface area contributed by atoms with E-state index in [4.69, 9.17) is 21.7 Å². The maximum Gasteiger partial charge on any atom is 0.306 e. The van der Waals surface area contributed by atoms with Crippen molar-refractivity contribution in [1.82, 2.24) is 5.32 Å². The van der Waals surface area contributed by atoms with Crippen LogP contribution >= 0.6 is 12.2 Å². The first-order valence-electron chi connectivity index (χ1n) is 7.65. The van der Waals surface area contributed by atoms with E-state index in [9.17, 15) is 9.59 Å². The number of esters is 1. The third-order valence-electron chi connectivity index (χ3n) is 2.76. The second-order valence-corrected chi connectivity index (χ2v) is 5.26. The Balaban J connectivity index is 2.33. The number of anilines is 1. The van der Waals surface area contributed by atoms with E-state index in [1.165, 1.54) is 0 Å². The third-order valence-corrected chi connectivity index (χ3v) is 2.96. The predicted molar refractivity (Wildman–Crippen MR) is 97.0 cm³/mol. The van der Waals surface area contributed by atoms with Gasteiger partial charge in [0.2, 0.25) is 5.91 Å². The maximum absolute atomic E-state index is 11.7. The molecule has 0 aromatic heterocycles. The zero-order chi connectivity index (χ0) is 17.8. The highest BCUT2D eigenvalue weighted by Gasteiger charge is 2.09. The van der Waals surface area contributed by atoms with Crippen molar-refractivity contribution >= 4 is 34.9 Å². The van der Waals surface area contributed by atoms with Gasteiger partial charge < -0.3 is 20.1 Å². The number of carbonyl (C=O) groups is 2. The number of amides is 1. The zero-order valence-electron chi connectivity index (χ0n) is 13.7. The van der Waals surface area contributed by atoms with Crippen LogP contribution in [0.15, 0.2) is 36.9 Å². The lowest BCUT2D eigenvalue weighted by Crippen LogP contribution is -2.34. The summed E-state index contributed by atoms with van der Waals surface area (Å²) >= 11 is 5.06. The highest BCUT2D eigenvalue weighted by molar-refractivity contribution is 7.80. The van der Waals surface area contributed by atoms with Gasteiger partial charge in [0.05, 0.1) is 13.0 Å². The molecule has 7 heteroatoms. The molecule has 0 spiro atoms. The molecule has 0 radical (unpaired) electrons. The van der Waals surface area contributed by atoms with E-state index >= 15 is 0 Å². The minimum Gasteiger partial charge on any atom is -0.490 e. The molecule has 1 amide bonds. The molecular formula is C17H22N2O4S. The lowest BCUT2D eigenvalue weighted by Gasteiger charge is -2.10. The topological polar surface area (TPSA) is 76.7 Å². The van der Waals surface area contributed by atoms with E-state index in [2.05, 4.69) is 17.2 Å². The summed E-state index contributed by atoms with van der Waals surface area (Å²) in [5.74, 6) is -0.0196. The smallest absolute Gasteiger partial charge is 0.306 e. The van der Waals surface area contributed by atoms with Gasteiger partial charge >= 0.3 is 5.97 Å². The van der Waals surface area contributed by atoms with Crippen molar-refractivity contribution in [3.8, 4) is 5.75 Å². The highest BCUT2D eigenvalue weighted by atomic mass is 32.1.